The van der Waals surface area contributed by atoms with Crippen LogP contribution in [0.1, 0.15) is 49.2 Å². The van der Waals surface area contributed by atoms with Crippen molar-refractivity contribution in [3.63, 3.8) is 0 Å². The number of nitrogens with zero attached hydrogens (tertiary/aromatic N) is 1. The van der Waals surface area contributed by atoms with Crippen molar-refractivity contribution in [1.82, 2.24) is 4.98 Å². The van der Waals surface area contributed by atoms with Gasteiger partial charge in [0.15, 0.2) is 0 Å². The fourth-order valence-electron chi connectivity index (χ4n) is 2.52. The second-order valence-corrected chi connectivity index (χ2v) is 5.05. The molecule has 0 radical (unpaired) electrons. The van der Waals surface area contributed by atoms with Gasteiger partial charge >= 0.3 is 5.97 Å². The number of nitrogens with one attached hydrogen (secondary N) is 1. The zero-order valence-electron chi connectivity index (χ0n) is 10.9. The number of aromatic carboxylic acids is 1. The molecule has 1 aromatic rings. The lowest BCUT2D eigenvalue weighted by Gasteiger charge is -2.18. The molecule has 4 nitrogen and oxygen atoms in total. The highest BCUT2D eigenvalue weighted by atomic mass is 16.4. The van der Waals surface area contributed by atoms with Crippen LogP contribution >= 0.6 is 0 Å². The maximum atomic E-state index is 11.1. The summed E-state index contributed by atoms with van der Waals surface area (Å²) < 4.78 is 0. The predicted molar refractivity (Wildman–Crippen MR) is 71.0 cm³/mol. The molecule has 0 aliphatic heterocycles. The van der Waals surface area contributed by atoms with E-state index in [1.165, 1.54) is 12.8 Å². The number of aromatic nitrogens is 1. The molecule has 1 aliphatic carbocycles. The topological polar surface area (TPSA) is 62.2 Å². The molecule has 0 amide bonds. The number of carboxylic acids is 1. The Labute approximate surface area is 107 Å². The summed E-state index contributed by atoms with van der Waals surface area (Å²) in [6.45, 7) is 4.21. The van der Waals surface area contributed by atoms with Gasteiger partial charge in [-0.05, 0) is 37.3 Å². The van der Waals surface area contributed by atoms with E-state index in [-0.39, 0.29) is 0 Å². The highest BCUT2D eigenvalue weighted by molar-refractivity contribution is 5.88. The highest BCUT2D eigenvalue weighted by Gasteiger charge is 2.23. The van der Waals surface area contributed by atoms with Gasteiger partial charge in [-0.15, -0.1) is 0 Å². The molecule has 2 atom stereocenters. The lowest BCUT2D eigenvalue weighted by molar-refractivity contribution is 0.0696. The Morgan fingerprint density at radius 3 is 2.83 bits per heavy atom. The monoisotopic (exact) mass is 248 g/mol. The first-order valence-electron chi connectivity index (χ1n) is 6.61. The van der Waals surface area contributed by atoms with Gasteiger partial charge in [-0.3, -0.25) is 0 Å². The number of anilines is 1. The molecule has 98 valence electrons. The summed E-state index contributed by atoms with van der Waals surface area (Å²) in [5, 5.41) is 12.5. The minimum atomic E-state index is -0.894. The van der Waals surface area contributed by atoms with E-state index >= 15 is 0 Å². The van der Waals surface area contributed by atoms with Crippen molar-refractivity contribution in [3.8, 4) is 0 Å². The summed E-state index contributed by atoms with van der Waals surface area (Å²) >= 11 is 0. The van der Waals surface area contributed by atoms with Crippen molar-refractivity contribution in [2.75, 3.05) is 5.32 Å². The first kappa shape index (κ1) is 12.9. The van der Waals surface area contributed by atoms with Crippen molar-refractivity contribution in [3.05, 3.63) is 23.4 Å². The van der Waals surface area contributed by atoms with Gasteiger partial charge in [0, 0.05) is 11.7 Å². The molecule has 0 bridgehead atoms. The maximum Gasteiger partial charge on any atom is 0.335 e. The first-order chi connectivity index (χ1) is 8.60. The first-order valence-corrected chi connectivity index (χ1v) is 6.61. The van der Waals surface area contributed by atoms with Crippen LogP contribution in [-0.2, 0) is 6.42 Å². The summed E-state index contributed by atoms with van der Waals surface area (Å²) in [4.78, 5) is 15.5. The second-order valence-electron chi connectivity index (χ2n) is 5.05. The average Bonchev–Trinajstić information content (AvgIpc) is 2.74. The van der Waals surface area contributed by atoms with E-state index < -0.39 is 5.97 Å². The average molecular weight is 248 g/mol. The third-order valence-electron chi connectivity index (χ3n) is 3.68. The van der Waals surface area contributed by atoms with E-state index in [0.717, 1.165) is 18.5 Å². The van der Waals surface area contributed by atoms with Crippen LogP contribution in [-0.4, -0.2) is 22.1 Å². The van der Waals surface area contributed by atoms with Gasteiger partial charge in [-0.1, -0.05) is 20.3 Å². The number of pyridine rings is 1. The normalized spacial score (nSPS) is 23.0. The lowest BCUT2D eigenvalue weighted by Crippen LogP contribution is -2.23. The molecular weight excluding hydrogens is 228 g/mol. The summed E-state index contributed by atoms with van der Waals surface area (Å²) in [5.74, 6) is 0.436. The van der Waals surface area contributed by atoms with E-state index in [2.05, 4.69) is 17.2 Å². The largest absolute Gasteiger partial charge is 0.478 e. The van der Waals surface area contributed by atoms with Crippen molar-refractivity contribution < 1.29 is 9.90 Å². The zero-order valence-corrected chi connectivity index (χ0v) is 10.9. The molecule has 0 aromatic carbocycles. The summed E-state index contributed by atoms with van der Waals surface area (Å²) in [6, 6.07) is 3.70. The molecule has 2 rings (SSSR count). The Bertz CT molecular complexity index is 445. The van der Waals surface area contributed by atoms with Crippen molar-refractivity contribution in [2.24, 2.45) is 5.92 Å². The number of carbonyl (C=O) groups is 1. The minimum absolute atomic E-state index is 0.315. The molecular formula is C14H20N2O2. The van der Waals surface area contributed by atoms with Crippen LogP contribution in [0.25, 0.3) is 0 Å². The number of rotatable bonds is 4. The second kappa shape index (κ2) is 5.38. The van der Waals surface area contributed by atoms with Gasteiger partial charge in [-0.2, -0.15) is 0 Å². The number of hydrogen-bond acceptors (Lipinski definition) is 3. The van der Waals surface area contributed by atoms with Gasteiger partial charge in [0.05, 0.1) is 5.56 Å². The van der Waals surface area contributed by atoms with Gasteiger partial charge in [0.25, 0.3) is 0 Å². The summed E-state index contributed by atoms with van der Waals surface area (Å²) in [6.07, 6.45) is 4.35. The van der Waals surface area contributed by atoms with E-state index in [0.29, 0.717) is 23.3 Å². The molecule has 0 spiro atoms. The van der Waals surface area contributed by atoms with Crippen LogP contribution in [0.2, 0.25) is 0 Å². The van der Waals surface area contributed by atoms with Crippen LogP contribution in [0.3, 0.4) is 0 Å². The highest BCUT2D eigenvalue weighted by Crippen LogP contribution is 2.27. The third kappa shape index (κ3) is 2.81. The minimum Gasteiger partial charge on any atom is -0.478 e. The van der Waals surface area contributed by atoms with Gasteiger partial charge in [0.1, 0.15) is 5.82 Å². The molecule has 1 saturated carbocycles. The molecule has 0 saturated heterocycles. The molecule has 18 heavy (non-hydrogen) atoms. The molecule has 1 aliphatic rings. The Kier molecular flexibility index (Phi) is 3.84. The van der Waals surface area contributed by atoms with E-state index in [1.54, 1.807) is 12.1 Å². The van der Waals surface area contributed by atoms with Crippen LogP contribution in [0.5, 0.6) is 0 Å². The summed E-state index contributed by atoms with van der Waals surface area (Å²) in [5.41, 5.74) is 1.14. The fourth-order valence-corrected chi connectivity index (χ4v) is 2.52. The van der Waals surface area contributed by atoms with Crippen LogP contribution < -0.4 is 5.32 Å². The summed E-state index contributed by atoms with van der Waals surface area (Å²) in [7, 11) is 0. The van der Waals surface area contributed by atoms with E-state index in [4.69, 9.17) is 5.11 Å². The maximum absolute atomic E-state index is 11.1. The molecule has 2 N–H and O–H groups in total. The Balaban J connectivity index is 2.21. The number of aryl methyl sites for hydroxylation is 1. The van der Waals surface area contributed by atoms with Gasteiger partial charge in [-0.25, -0.2) is 9.78 Å². The lowest BCUT2D eigenvalue weighted by atomic mass is 10.1. The molecule has 1 heterocycles. The van der Waals surface area contributed by atoms with Crippen LogP contribution in [0.4, 0.5) is 5.82 Å². The third-order valence-corrected chi connectivity index (χ3v) is 3.68. The van der Waals surface area contributed by atoms with Gasteiger partial charge in [0.2, 0.25) is 0 Å². The molecule has 1 aromatic heterocycles. The Hall–Kier alpha value is -1.58. The smallest absolute Gasteiger partial charge is 0.335 e. The Morgan fingerprint density at radius 1 is 1.50 bits per heavy atom. The molecule has 2 unspecified atom stereocenters. The standard InChI is InChI=1S/C14H20N2O2/c1-3-11-7-10(14(17)18)8-13(15-11)16-12-6-4-5-9(12)2/h7-9,12H,3-6H2,1-2H3,(H,15,16)(H,17,18). The number of hydrogen-bond donors (Lipinski definition) is 2. The van der Waals surface area contributed by atoms with E-state index in [1.807, 2.05) is 6.92 Å². The van der Waals surface area contributed by atoms with Gasteiger partial charge < -0.3 is 10.4 Å². The van der Waals surface area contributed by atoms with Crippen LogP contribution in [0, 0.1) is 5.92 Å². The number of carboxylic acid groups (broad SMARTS) is 1. The quantitative estimate of drug-likeness (QED) is 0.860. The van der Waals surface area contributed by atoms with Crippen molar-refractivity contribution in [1.29, 1.82) is 0 Å². The SMILES string of the molecule is CCc1cc(C(=O)O)cc(NC2CCCC2C)n1. The zero-order chi connectivity index (χ0) is 13.1. The molecule has 4 heteroatoms. The van der Waals surface area contributed by atoms with Crippen molar-refractivity contribution >= 4 is 11.8 Å². The fraction of sp³-hybridized carbons (Fsp3) is 0.571. The molecule has 1 fully saturated rings. The Morgan fingerprint density at radius 2 is 2.28 bits per heavy atom. The van der Waals surface area contributed by atoms with E-state index in [9.17, 15) is 4.79 Å². The van der Waals surface area contributed by atoms with Crippen molar-refractivity contribution in [2.45, 2.75) is 45.6 Å². The van der Waals surface area contributed by atoms with Crippen LogP contribution in [0.15, 0.2) is 12.1 Å². The predicted octanol–water partition coefficient (Wildman–Crippen LogP) is 2.94.